The van der Waals surface area contributed by atoms with Crippen LogP contribution in [-0.2, 0) is 18.0 Å². The van der Waals surface area contributed by atoms with Gasteiger partial charge in [0.15, 0.2) is 5.69 Å². The van der Waals surface area contributed by atoms with Gasteiger partial charge in [0.1, 0.15) is 29.8 Å². The van der Waals surface area contributed by atoms with Crippen molar-refractivity contribution in [1.29, 1.82) is 0 Å². The highest BCUT2D eigenvalue weighted by molar-refractivity contribution is 7.09. The quantitative estimate of drug-likeness (QED) is 0.608. The number of thiazole rings is 1. The smallest absolute Gasteiger partial charge is 0.358 e. The number of carbonyl (C=O) groups is 1. The second-order valence-corrected chi connectivity index (χ2v) is 6.37. The summed E-state index contributed by atoms with van der Waals surface area (Å²) in [7, 11) is 0. The molecule has 1 heterocycles. The molecule has 1 aromatic heterocycles. The first-order chi connectivity index (χ1) is 12.1. The molecule has 0 saturated carbocycles. The lowest BCUT2D eigenvalue weighted by Gasteiger charge is -2.04. The van der Waals surface area contributed by atoms with Gasteiger partial charge in [0.25, 0.3) is 0 Å². The predicted octanol–water partition coefficient (Wildman–Crippen LogP) is 4.53. The number of aromatic nitrogens is 1. The summed E-state index contributed by atoms with van der Waals surface area (Å²) >= 11 is 1.34. The van der Waals surface area contributed by atoms with Gasteiger partial charge in [-0.2, -0.15) is 0 Å². The first-order valence-corrected chi connectivity index (χ1v) is 8.53. The summed E-state index contributed by atoms with van der Waals surface area (Å²) < 4.78 is 23.7. The molecule has 0 saturated heterocycles. The largest absolute Gasteiger partial charge is 0.486 e. The van der Waals surface area contributed by atoms with E-state index in [2.05, 4.69) is 4.98 Å². The number of nitrogens with zero attached hydrogens (tertiary/aromatic N) is 1. The number of rotatable bonds is 6. The van der Waals surface area contributed by atoms with Crippen LogP contribution in [0.1, 0.15) is 26.6 Å². The third-order valence-corrected chi connectivity index (χ3v) is 4.25. The molecule has 0 spiro atoms. The van der Waals surface area contributed by atoms with Crippen LogP contribution in [0.25, 0.3) is 0 Å². The minimum Gasteiger partial charge on any atom is -0.486 e. The van der Waals surface area contributed by atoms with E-state index in [4.69, 9.17) is 9.47 Å². The van der Waals surface area contributed by atoms with Crippen molar-refractivity contribution >= 4 is 17.3 Å². The van der Waals surface area contributed by atoms with Crippen molar-refractivity contribution in [1.82, 2.24) is 4.98 Å². The number of aryl methyl sites for hydroxylation is 1. The van der Waals surface area contributed by atoms with Gasteiger partial charge in [-0.05, 0) is 36.8 Å². The molecule has 0 unspecified atom stereocenters. The number of esters is 1. The number of ether oxygens (including phenoxy) is 2. The zero-order chi connectivity index (χ0) is 17.6. The molecule has 4 nitrogen and oxygen atoms in total. The molecular weight excluding hydrogens is 341 g/mol. The molecule has 0 bridgehead atoms. The Hall–Kier alpha value is -2.73. The first-order valence-electron chi connectivity index (χ1n) is 7.65. The molecule has 0 atom stereocenters. The van der Waals surface area contributed by atoms with Gasteiger partial charge in [0.05, 0.1) is 0 Å². The van der Waals surface area contributed by atoms with Crippen LogP contribution in [0.15, 0.2) is 53.9 Å². The van der Waals surface area contributed by atoms with Crippen molar-refractivity contribution in [2.45, 2.75) is 20.1 Å². The lowest BCUT2D eigenvalue weighted by molar-refractivity contribution is 0.0466. The van der Waals surface area contributed by atoms with Gasteiger partial charge in [0.2, 0.25) is 0 Å². The number of benzene rings is 2. The molecule has 0 amide bonds. The Bertz CT molecular complexity index is 844. The van der Waals surface area contributed by atoms with Crippen molar-refractivity contribution in [3.63, 3.8) is 0 Å². The average molecular weight is 357 g/mol. The minimum atomic E-state index is -0.512. The molecule has 0 aliphatic carbocycles. The fourth-order valence-corrected chi connectivity index (χ4v) is 2.73. The standard InChI is InChI=1S/C19H16FNO3S/c1-13-2-8-16(9-3-13)23-11-18-21-17(12-25-18)19(22)24-10-14-4-6-15(20)7-5-14/h2-9,12H,10-11H2,1H3. The molecule has 2 aromatic carbocycles. The van der Waals surface area contributed by atoms with Crippen LogP contribution in [0.2, 0.25) is 0 Å². The minimum absolute atomic E-state index is 0.0752. The van der Waals surface area contributed by atoms with E-state index < -0.39 is 5.97 Å². The Morgan fingerprint density at radius 3 is 2.52 bits per heavy atom. The van der Waals surface area contributed by atoms with Crippen LogP contribution < -0.4 is 4.74 Å². The zero-order valence-corrected chi connectivity index (χ0v) is 14.4. The van der Waals surface area contributed by atoms with Crippen LogP contribution in [0.4, 0.5) is 4.39 Å². The summed E-state index contributed by atoms with van der Waals surface area (Å²) in [5.74, 6) is -0.0869. The first kappa shape index (κ1) is 17.1. The maximum absolute atomic E-state index is 12.8. The van der Waals surface area contributed by atoms with Crippen molar-refractivity contribution in [3.8, 4) is 5.75 Å². The van der Waals surface area contributed by atoms with E-state index in [1.807, 2.05) is 31.2 Å². The van der Waals surface area contributed by atoms with Gasteiger partial charge >= 0.3 is 5.97 Å². The van der Waals surface area contributed by atoms with Crippen LogP contribution in [0, 0.1) is 12.7 Å². The van der Waals surface area contributed by atoms with Gasteiger partial charge < -0.3 is 9.47 Å². The highest BCUT2D eigenvalue weighted by Gasteiger charge is 2.13. The van der Waals surface area contributed by atoms with E-state index >= 15 is 0 Å². The van der Waals surface area contributed by atoms with E-state index in [0.29, 0.717) is 17.2 Å². The summed E-state index contributed by atoms with van der Waals surface area (Å²) in [4.78, 5) is 16.2. The van der Waals surface area contributed by atoms with E-state index in [1.54, 1.807) is 17.5 Å². The Labute approximate surface area is 148 Å². The maximum atomic E-state index is 12.8. The highest BCUT2D eigenvalue weighted by atomic mass is 32.1. The second-order valence-electron chi connectivity index (χ2n) is 5.43. The molecule has 0 N–H and O–H groups in total. The second kappa shape index (κ2) is 7.90. The maximum Gasteiger partial charge on any atom is 0.358 e. The monoisotopic (exact) mass is 357 g/mol. The Morgan fingerprint density at radius 1 is 1.08 bits per heavy atom. The summed E-state index contributed by atoms with van der Waals surface area (Å²) in [5.41, 5.74) is 2.12. The lowest BCUT2D eigenvalue weighted by atomic mass is 10.2. The van der Waals surface area contributed by atoms with Crippen molar-refractivity contribution in [2.75, 3.05) is 0 Å². The van der Waals surface area contributed by atoms with Crippen molar-refractivity contribution < 1.29 is 18.7 Å². The fraction of sp³-hybridized carbons (Fsp3) is 0.158. The Kier molecular flexibility index (Phi) is 5.40. The molecule has 6 heteroatoms. The average Bonchev–Trinajstić information content (AvgIpc) is 3.10. The van der Waals surface area contributed by atoms with Crippen LogP contribution in [-0.4, -0.2) is 11.0 Å². The van der Waals surface area contributed by atoms with Gasteiger partial charge in [-0.1, -0.05) is 29.8 Å². The molecule has 25 heavy (non-hydrogen) atoms. The molecule has 0 aliphatic rings. The lowest BCUT2D eigenvalue weighted by Crippen LogP contribution is -2.06. The predicted molar refractivity (Wildman–Crippen MR) is 93.1 cm³/mol. The topological polar surface area (TPSA) is 48.4 Å². The molecule has 0 fully saturated rings. The van der Waals surface area contributed by atoms with Gasteiger partial charge in [0, 0.05) is 5.38 Å². The number of hydrogen-bond acceptors (Lipinski definition) is 5. The summed E-state index contributed by atoms with van der Waals surface area (Å²) in [6.45, 7) is 2.37. The van der Waals surface area contributed by atoms with Gasteiger partial charge in [-0.15, -0.1) is 11.3 Å². The molecule has 0 radical (unpaired) electrons. The van der Waals surface area contributed by atoms with E-state index in [0.717, 1.165) is 11.3 Å². The number of carbonyl (C=O) groups excluding carboxylic acids is 1. The third-order valence-electron chi connectivity index (χ3n) is 3.43. The molecule has 3 rings (SSSR count). The van der Waals surface area contributed by atoms with E-state index in [1.165, 1.54) is 23.5 Å². The third kappa shape index (κ3) is 4.87. The molecule has 3 aromatic rings. The number of hydrogen-bond donors (Lipinski definition) is 0. The normalized spacial score (nSPS) is 10.5. The Balaban J connectivity index is 1.52. The molecule has 128 valence electrons. The molecular formula is C19H16FNO3S. The molecule has 0 aliphatic heterocycles. The number of halogens is 1. The van der Waals surface area contributed by atoms with Crippen LogP contribution in [0.5, 0.6) is 5.75 Å². The fourth-order valence-electron chi connectivity index (χ4n) is 2.05. The highest BCUT2D eigenvalue weighted by Crippen LogP contribution is 2.17. The van der Waals surface area contributed by atoms with Crippen molar-refractivity contribution in [2.24, 2.45) is 0 Å². The van der Waals surface area contributed by atoms with Crippen LogP contribution in [0.3, 0.4) is 0 Å². The van der Waals surface area contributed by atoms with Crippen LogP contribution >= 0.6 is 11.3 Å². The SMILES string of the molecule is Cc1ccc(OCc2nc(C(=O)OCc3ccc(F)cc3)cs2)cc1. The van der Waals surface area contributed by atoms with Gasteiger partial charge in [-0.3, -0.25) is 0 Å². The summed E-state index contributed by atoms with van der Waals surface area (Å²) in [6, 6.07) is 13.5. The summed E-state index contributed by atoms with van der Waals surface area (Å²) in [6.07, 6.45) is 0. The Morgan fingerprint density at radius 2 is 1.80 bits per heavy atom. The zero-order valence-electron chi connectivity index (χ0n) is 13.6. The van der Waals surface area contributed by atoms with Crippen molar-refractivity contribution in [3.05, 3.63) is 81.6 Å². The van der Waals surface area contributed by atoms with Gasteiger partial charge in [-0.25, -0.2) is 14.2 Å². The van der Waals surface area contributed by atoms with E-state index in [9.17, 15) is 9.18 Å². The van der Waals surface area contributed by atoms with E-state index in [-0.39, 0.29) is 18.1 Å². The summed E-state index contributed by atoms with van der Waals surface area (Å²) in [5, 5.41) is 2.33.